The molecule has 116 valence electrons. The number of aryl methyl sites for hydroxylation is 1. The number of allylic oxidation sites excluding steroid dienone is 1. The summed E-state index contributed by atoms with van der Waals surface area (Å²) < 4.78 is 16.7. The highest BCUT2D eigenvalue weighted by molar-refractivity contribution is 5.38. The van der Waals surface area contributed by atoms with Crippen molar-refractivity contribution >= 4 is 0 Å². The molecule has 2 aromatic carbocycles. The molecule has 0 heterocycles. The molecule has 0 radical (unpaired) electrons. The molecule has 1 unspecified atom stereocenters. The zero-order valence-corrected chi connectivity index (χ0v) is 13.5. The summed E-state index contributed by atoms with van der Waals surface area (Å²) in [7, 11) is 1.60. The highest BCUT2D eigenvalue weighted by Crippen LogP contribution is 2.27. The molecule has 0 aromatic heterocycles. The van der Waals surface area contributed by atoms with Crippen molar-refractivity contribution in [2.24, 2.45) is 0 Å². The van der Waals surface area contributed by atoms with Crippen molar-refractivity contribution in [2.45, 2.75) is 26.9 Å². The molecular weight excluding hydrogens is 276 g/mol. The van der Waals surface area contributed by atoms with E-state index < -0.39 is 0 Å². The molecule has 0 fully saturated rings. The van der Waals surface area contributed by atoms with Gasteiger partial charge in [-0.1, -0.05) is 30.3 Å². The Bertz CT molecular complexity index is 632. The largest absolute Gasteiger partial charge is 0.501 e. The predicted octanol–water partition coefficient (Wildman–Crippen LogP) is 5.02. The van der Waals surface area contributed by atoms with E-state index in [4.69, 9.17) is 14.2 Å². The first-order valence-corrected chi connectivity index (χ1v) is 7.30. The van der Waals surface area contributed by atoms with Crippen LogP contribution in [0, 0.1) is 6.92 Å². The van der Waals surface area contributed by atoms with Gasteiger partial charge in [-0.2, -0.15) is 0 Å². The van der Waals surface area contributed by atoms with Crippen molar-refractivity contribution in [3.05, 3.63) is 71.7 Å². The van der Waals surface area contributed by atoms with Gasteiger partial charge in [-0.15, -0.1) is 0 Å². The average molecular weight is 298 g/mol. The van der Waals surface area contributed by atoms with Crippen LogP contribution in [0.25, 0.3) is 0 Å². The van der Waals surface area contributed by atoms with Crippen molar-refractivity contribution in [3.8, 4) is 11.5 Å². The summed E-state index contributed by atoms with van der Waals surface area (Å²) in [6, 6.07) is 15.9. The topological polar surface area (TPSA) is 27.7 Å². The zero-order chi connectivity index (χ0) is 15.9. The Balaban J connectivity index is 2.16. The Morgan fingerprint density at radius 3 is 2.50 bits per heavy atom. The highest BCUT2D eigenvalue weighted by Gasteiger charge is 2.10. The Labute approximate surface area is 132 Å². The first kappa shape index (κ1) is 16.0. The van der Waals surface area contributed by atoms with Gasteiger partial charge in [0.25, 0.3) is 0 Å². The number of hydrogen-bond acceptors (Lipinski definition) is 3. The summed E-state index contributed by atoms with van der Waals surface area (Å²) in [5.74, 6) is 2.37. The molecule has 2 aromatic rings. The first-order chi connectivity index (χ1) is 10.6. The van der Waals surface area contributed by atoms with Gasteiger partial charge in [-0.05, 0) is 50.1 Å². The van der Waals surface area contributed by atoms with Crippen molar-refractivity contribution in [1.82, 2.24) is 0 Å². The molecule has 0 saturated carbocycles. The van der Waals surface area contributed by atoms with Gasteiger partial charge in [-0.3, -0.25) is 0 Å². The van der Waals surface area contributed by atoms with E-state index >= 15 is 0 Å². The van der Waals surface area contributed by atoms with Crippen LogP contribution in [0.4, 0.5) is 0 Å². The molecule has 3 nitrogen and oxygen atoms in total. The van der Waals surface area contributed by atoms with Gasteiger partial charge in [0.1, 0.15) is 29.6 Å². The number of benzene rings is 2. The Kier molecular flexibility index (Phi) is 5.48. The maximum Gasteiger partial charge on any atom is 0.135 e. The normalized spacial score (nSPS) is 12.6. The quantitative estimate of drug-likeness (QED) is 0.701. The minimum absolute atomic E-state index is 0.0583. The molecule has 0 aliphatic heterocycles. The Morgan fingerprint density at radius 2 is 1.82 bits per heavy atom. The SMILES string of the molecule is CO/C=C(\C)Oc1cc(C(C)Oc2ccccc2)ccc1C. The number of ether oxygens (including phenoxy) is 3. The second-order valence-corrected chi connectivity index (χ2v) is 5.16. The predicted molar refractivity (Wildman–Crippen MR) is 88.1 cm³/mol. The number of rotatable bonds is 6. The summed E-state index contributed by atoms with van der Waals surface area (Å²) >= 11 is 0. The zero-order valence-electron chi connectivity index (χ0n) is 13.5. The van der Waals surface area contributed by atoms with Gasteiger partial charge in [0.2, 0.25) is 0 Å². The molecule has 2 rings (SSSR count). The smallest absolute Gasteiger partial charge is 0.135 e. The second-order valence-electron chi connectivity index (χ2n) is 5.16. The fourth-order valence-corrected chi connectivity index (χ4v) is 2.11. The molecular formula is C19H22O3. The molecule has 0 bridgehead atoms. The van der Waals surface area contributed by atoms with E-state index in [2.05, 4.69) is 6.07 Å². The molecule has 0 saturated heterocycles. The summed E-state index contributed by atoms with van der Waals surface area (Å²) in [5, 5.41) is 0. The fourth-order valence-electron chi connectivity index (χ4n) is 2.11. The molecule has 0 aliphatic rings. The molecule has 1 atom stereocenters. The molecule has 0 aliphatic carbocycles. The highest BCUT2D eigenvalue weighted by atomic mass is 16.5. The minimum Gasteiger partial charge on any atom is -0.501 e. The lowest BCUT2D eigenvalue weighted by Crippen LogP contribution is -2.04. The average Bonchev–Trinajstić information content (AvgIpc) is 2.50. The van der Waals surface area contributed by atoms with Crippen LogP contribution in [0.5, 0.6) is 11.5 Å². The molecule has 22 heavy (non-hydrogen) atoms. The van der Waals surface area contributed by atoms with E-state index in [9.17, 15) is 0 Å². The van der Waals surface area contributed by atoms with Gasteiger partial charge in [0.05, 0.1) is 7.11 Å². The Morgan fingerprint density at radius 1 is 1.09 bits per heavy atom. The van der Waals surface area contributed by atoms with Crippen LogP contribution < -0.4 is 9.47 Å². The minimum atomic E-state index is -0.0583. The van der Waals surface area contributed by atoms with Crippen LogP contribution in [0.1, 0.15) is 31.1 Å². The summed E-state index contributed by atoms with van der Waals surface area (Å²) in [4.78, 5) is 0. The van der Waals surface area contributed by atoms with E-state index in [1.54, 1.807) is 13.4 Å². The van der Waals surface area contributed by atoms with E-state index in [1.807, 2.05) is 63.2 Å². The standard InChI is InChI=1S/C19H22O3/c1-14-10-11-17(12-19(14)21-15(2)13-20-4)16(3)22-18-8-6-5-7-9-18/h5-13,16H,1-4H3/b15-13+. The van der Waals surface area contributed by atoms with Crippen LogP contribution >= 0.6 is 0 Å². The lowest BCUT2D eigenvalue weighted by molar-refractivity contribution is 0.226. The lowest BCUT2D eigenvalue weighted by Gasteiger charge is -2.17. The van der Waals surface area contributed by atoms with Gasteiger partial charge < -0.3 is 14.2 Å². The van der Waals surface area contributed by atoms with Crippen LogP contribution in [0.2, 0.25) is 0 Å². The van der Waals surface area contributed by atoms with Crippen LogP contribution in [0.15, 0.2) is 60.6 Å². The summed E-state index contributed by atoms with van der Waals surface area (Å²) in [6.07, 6.45) is 1.52. The van der Waals surface area contributed by atoms with Gasteiger partial charge in [0, 0.05) is 0 Å². The third-order valence-corrected chi connectivity index (χ3v) is 3.29. The number of methoxy groups -OCH3 is 1. The Hall–Kier alpha value is -2.42. The maximum atomic E-state index is 5.95. The molecule has 3 heteroatoms. The molecule has 0 N–H and O–H groups in total. The monoisotopic (exact) mass is 298 g/mol. The third kappa shape index (κ3) is 4.29. The van der Waals surface area contributed by atoms with Gasteiger partial charge in [-0.25, -0.2) is 0 Å². The fraction of sp³-hybridized carbons (Fsp3) is 0.263. The van der Waals surface area contributed by atoms with Crippen LogP contribution in [0.3, 0.4) is 0 Å². The van der Waals surface area contributed by atoms with E-state index in [1.165, 1.54) is 0 Å². The van der Waals surface area contributed by atoms with E-state index in [0.717, 1.165) is 22.6 Å². The van der Waals surface area contributed by atoms with Crippen molar-refractivity contribution < 1.29 is 14.2 Å². The van der Waals surface area contributed by atoms with Crippen molar-refractivity contribution in [1.29, 1.82) is 0 Å². The van der Waals surface area contributed by atoms with E-state index in [0.29, 0.717) is 5.76 Å². The summed E-state index contributed by atoms with van der Waals surface area (Å²) in [5.41, 5.74) is 2.13. The third-order valence-electron chi connectivity index (χ3n) is 3.29. The summed E-state index contributed by atoms with van der Waals surface area (Å²) in [6.45, 7) is 5.90. The second kappa shape index (κ2) is 7.55. The lowest BCUT2D eigenvalue weighted by atomic mass is 10.1. The van der Waals surface area contributed by atoms with Crippen molar-refractivity contribution in [2.75, 3.05) is 7.11 Å². The molecule has 0 amide bonds. The van der Waals surface area contributed by atoms with E-state index in [-0.39, 0.29) is 6.10 Å². The van der Waals surface area contributed by atoms with Gasteiger partial charge >= 0.3 is 0 Å². The number of hydrogen-bond donors (Lipinski definition) is 0. The maximum absolute atomic E-state index is 5.95. The van der Waals surface area contributed by atoms with Crippen molar-refractivity contribution in [3.63, 3.8) is 0 Å². The van der Waals surface area contributed by atoms with Crippen LogP contribution in [-0.2, 0) is 4.74 Å². The number of para-hydroxylation sites is 1. The van der Waals surface area contributed by atoms with Gasteiger partial charge in [0.15, 0.2) is 0 Å². The molecule has 0 spiro atoms. The van der Waals surface area contributed by atoms with Crippen LogP contribution in [-0.4, -0.2) is 7.11 Å². The first-order valence-electron chi connectivity index (χ1n) is 7.30.